The quantitative estimate of drug-likeness (QED) is 0.375. The van der Waals surface area contributed by atoms with Crippen LogP contribution in [0.4, 0.5) is 14.7 Å². The molecule has 6 nitrogen and oxygen atoms in total. The molecule has 5 rings (SSSR count). The summed E-state index contributed by atoms with van der Waals surface area (Å²) in [5, 5.41) is 6.16. The Bertz CT molecular complexity index is 1410. The van der Waals surface area contributed by atoms with Crippen molar-refractivity contribution >= 4 is 49.1 Å². The Morgan fingerprint density at radius 1 is 1.18 bits per heavy atom. The van der Waals surface area contributed by atoms with Crippen LogP contribution in [0.2, 0.25) is 0 Å². The second-order valence-electron chi connectivity index (χ2n) is 7.40. The number of benzene rings is 2. The number of fused-ring (bicyclic) bond motifs is 1. The second-order valence-corrected chi connectivity index (χ2v) is 9.24. The van der Waals surface area contributed by atoms with Gasteiger partial charge in [-0.3, -0.25) is 10.1 Å². The lowest BCUT2D eigenvalue weighted by molar-refractivity contribution is 0.102. The average Bonchev–Trinajstić information content (AvgIpc) is 3.47. The van der Waals surface area contributed by atoms with E-state index in [1.807, 2.05) is 23.7 Å². The second kappa shape index (κ2) is 8.76. The minimum atomic E-state index is -0.394. The van der Waals surface area contributed by atoms with Crippen molar-refractivity contribution in [3.05, 3.63) is 77.1 Å². The molecular formula is C24H19FN4O2S2. The van der Waals surface area contributed by atoms with E-state index in [0.29, 0.717) is 22.0 Å². The highest BCUT2D eigenvalue weighted by Crippen LogP contribution is 2.41. The number of anilines is 2. The maximum absolute atomic E-state index is 13.2. The third kappa shape index (κ3) is 4.24. The highest BCUT2D eigenvalue weighted by molar-refractivity contribution is 7.23. The summed E-state index contributed by atoms with van der Waals surface area (Å²) in [7, 11) is 1.59. The van der Waals surface area contributed by atoms with Crippen LogP contribution in [0.5, 0.6) is 5.75 Å². The molecule has 0 radical (unpaired) electrons. The summed E-state index contributed by atoms with van der Waals surface area (Å²) in [5.74, 6) is -0.136. The summed E-state index contributed by atoms with van der Waals surface area (Å²) in [6, 6.07) is 9.19. The molecule has 0 saturated carbocycles. The summed E-state index contributed by atoms with van der Waals surface area (Å²) in [6.07, 6.45) is 6.26. The Hall–Kier alpha value is -3.56. The Labute approximate surface area is 197 Å². The van der Waals surface area contributed by atoms with Crippen molar-refractivity contribution in [2.24, 2.45) is 0 Å². The third-order valence-electron chi connectivity index (χ3n) is 5.19. The van der Waals surface area contributed by atoms with Crippen molar-refractivity contribution in [3.63, 3.8) is 0 Å². The van der Waals surface area contributed by atoms with Gasteiger partial charge in [0, 0.05) is 29.3 Å². The number of methoxy groups -OCH3 is 1. The molecule has 2 aromatic heterocycles. The number of carbonyl (C=O) groups excluding carboxylic acids is 1. The molecular weight excluding hydrogens is 459 g/mol. The average molecular weight is 479 g/mol. The van der Waals surface area contributed by atoms with Gasteiger partial charge in [-0.05, 0) is 49.4 Å². The highest BCUT2D eigenvalue weighted by Gasteiger charge is 2.19. The first-order valence-corrected chi connectivity index (χ1v) is 11.8. The number of amides is 1. The number of thiazole rings is 2. The fourth-order valence-corrected chi connectivity index (χ4v) is 5.23. The number of hydrogen-bond donors (Lipinski definition) is 1. The molecule has 2 aromatic carbocycles. The van der Waals surface area contributed by atoms with E-state index in [-0.39, 0.29) is 5.91 Å². The zero-order valence-electron chi connectivity index (χ0n) is 17.8. The number of nitrogens with one attached hydrogen (secondary N) is 1. The summed E-state index contributed by atoms with van der Waals surface area (Å²) >= 11 is 2.92. The number of aromatic nitrogens is 2. The maximum atomic E-state index is 13.2. The van der Waals surface area contributed by atoms with E-state index in [2.05, 4.69) is 34.3 Å². The van der Waals surface area contributed by atoms with Gasteiger partial charge in [0.2, 0.25) is 0 Å². The van der Waals surface area contributed by atoms with Gasteiger partial charge in [-0.1, -0.05) is 23.0 Å². The van der Waals surface area contributed by atoms with Gasteiger partial charge in [0.15, 0.2) is 10.3 Å². The number of hydrogen-bond acceptors (Lipinski definition) is 7. The smallest absolute Gasteiger partial charge is 0.257 e. The van der Waals surface area contributed by atoms with Crippen molar-refractivity contribution in [1.29, 1.82) is 0 Å². The molecule has 0 saturated heterocycles. The number of ether oxygens (including phenoxy) is 1. The van der Waals surface area contributed by atoms with Crippen LogP contribution in [-0.2, 0) is 0 Å². The van der Waals surface area contributed by atoms with Crippen LogP contribution < -0.4 is 15.0 Å². The molecule has 0 unspecified atom stereocenters. The van der Waals surface area contributed by atoms with Crippen molar-refractivity contribution in [2.45, 2.75) is 6.92 Å². The van der Waals surface area contributed by atoms with E-state index in [9.17, 15) is 9.18 Å². The summed E-state index contributed by atoms with van der Waals surface area (Å²) in [5.41, 5.74) is 3.99. The minimum Gasteiger partial charge on any atom is -0.494 e. The van der Waals surface area contributed by atoms with E-state index < -0.39 is 5.82 Å². The standard InChI is InChI=1S/C24H19FN4O2S2/c1-14-9-11-29(12-10-14)24-26-18(13-32-24)17-7-8-19(31-2)20-21(17)33-23(27-20)28-22(30)15-3-5-16(25)6-4-15/h3-11,13H,12H2,1-2H3,(H,27,28,30). The number of halogens is 1. The lowest BCUT2D eigenvalue weighted by atomic mass is 10.1. The Morgan fingerprint density at radius 2 is 2.00 bits per heavy atom. The highest BCUT2D eigenvalue weighted by atomic mass is 32.1. The van der Waals surface area contributed by atoms with Gasteiger partial charge in [0.1, 0.15) is 17.1 Å². The van der Waals surface area contributed by atoms with Crippen molar-refractivity contribution < 1.29 is 13.9 Å². The van der Waals surface area contributed by atoms with Crippen molar-refractivity contribution in [1.82, 2.24) is 9.97 Å². The molecule has 1 N–H and O–H groups in total. The normalized spacial score (nSPS) is 13.3. The summed E-state index contributed by atoms with van der Waals surface area (Å²) in [4.78, 5) is 24.1. The zero-order chi connectivity index (χ0) is 22.9. The molecule has 166 valence electrons. The predicted octanol–water partition coefficient (Wildman–Crippen LogP) is 6.10. The van der Waals surface area contributed by atoms with E-state index in [1.165, 1.54) is 41.2 Å². The van der Waals surface area contributed by atoms with Crippen LogP contribution in [0, 0.1) is 5.82 Å². The van der Waals surface area contributed by atoms with Crippen LogP contribution in [0.25, 0.3) is 21.5 Å². The molecule has 0 aliphatic carbocycles. The zero-order valence-corrected chi connectivity index (χ0v) is 19.5. The molecule has 0 fully saturated rings. The van der Waals surface area contributed by atoms with Gasteiger partial charge >= 0.3 is 0 Å². The Kier molecular flexibility index (Phi) is 5.65. The number of nitrogens with zero attached hydrogens (tertiary/aromatic N) is 3. The van der Waals surface area contributed by atoms with Gasteiger partial charge in [-0.15, -0.1) is 11.3 Å². The predicted molar refractivity (Wildman–Crippen MR) is 132 cm³/mol. The minimum absolute atomic E-state index is 0.353. The summed E-state index contributed by atoms with van der Waals surface area (Å²) in [6.45, 7) is 2.86. The first-order valence-electron chi connectivity index (χ1n) is 10.1. The number of allylic oxidation sites excluding steroid dienone is 2. The first kappa shape index (κ1) is 21.3. The Balaban J connectivity index is 1.48. The monoisotopic (exact) mass is 478 g/mol. The van der Waals surface area contributed by atoms with Crippen LogP contribution in [0.3, 0.4) is 0 Å². The van der Waals surface area contributed by atoms with Crippen LogP contribution in [0.1, 0.15) is 17.3 Å². The third-order valence-corrected chi connectivity index (χ3v) is 7.08. The van der Waals surface area contributed by atoms with E-state index in [4.69, 9.17) is 9.72 Å². The maximum Gasteiger partial charge on any atom is 0.257 e. The van der Waals surface area contributed by atoms with Gasteiger partial charge < -0.3 is 9.64 Å². The summed E-state index contributed by atoms with van der Waals surface area (Å²) < 4.78 is 19.5. The molecule has 0 atom stereocenters. The molecule has 33 heavy (non-hydrogen) atoms. The van der Waals surface area contributed by atoms with Crippen molar-refractivity contribution in [2.75, 3.05) is 23.9 Å². The molecule has 4 aromatic rings. The topological polar surface area (TPSA) is 67.3 Å². The van der Waals surface area contributed by atoms with Crippen LogP contribution in [-0.4, -0.2) is 29.5 Å². The van der Waals surface area contributed by atoms with E-state index in [0.717, 1.165) is 27.6 Å². The van der Waals surface area contributed by atoms with Gasteiger partial charge in [0.25, 0.3) is 5.91 Å². The largest absolute Gasteiger partial charge is 0.494 e. The number of rotatable bonds is 5. The molecule has 9 heteroatoms. The molecule has 0 spiro atoms. The number of carbonyl (C=O) groups is 1. The molecule has 1 aliphatic heterocycles. The van der Waals surface area contributed by atoms with Gasteiger partial charge in [-0.2, -0.15) is 0 Å². The van der Waals surface area contributed by atoms with Crippen molar-refractivity contribution in [3.8, 4) is 17.0 Å². The molecule has 1 aliphatic rings. The van der Waals surface area contributed by atoms with E-state index in [1.54, 1.807) is 18.4 Å². The lowest BCUT2D eigenvalue weighted by Crippen LogP contribution is -2.18. The van der Waals surface area contributed by atoms with Crippen LogP contribution in [0.15, 0.2) is 65.7 Å². The fraction of sp³-hybridized carbons (Fsp3) is 0.125. The van der Waals surface area contributed by atoms with Gasteiger partial charge in [0.05, 0.1) is 17.5 Å². The van der Waals surface area contributed by atoms with Gasteiger partial charge in [-0.25, -0.2) is 14.4 Å². The lowest BCUT2D eigenvalue weighted by Gasteiger charge is -2.18. The molecule has 1 amide bonds. The van der Waals surface area contributed by atoms with Crippen LogP contribution >= 0.6 is 22.7 Å². The molecule has 3 heterocycles. The first-order chi connectivity index (χ1) is 16.0. The van der Waals surface area contributed by atoms with E-state index >= 15 is 0 Å². The Morgan fingerprint density at radius 3 is 2.73 bits per heavy atom. The molecule has 0 bridgehead atoms. The fourth-order valence-electron chi connectivity index (χ4n) is 3.41. The SMILES string of the molecule is COc1ccc(-c2csc(N3C=CC(C)=CC3)n2)c2sc(NC(=O)c3ccc(F)cc3)nc12.